The van der Waals surface area contributed by atoms with Crippen LogP contribution in [0.5, 0.6) is 0 Å². The van der Waals surface area contributed by atoms with E-state index in [9.17, 15) is 14.3 Å². The zero-order chi connectivity index (χ0) is 13.9. The Hall–Kier alpha value is -1.46. The maximum atomic E-state index is 14.5. The van der Waals surface area contributed by atoms with Crippen molar-refractivity contribution >= 4 is 5.97 Å². The lowest BCUT2D eigenvalue weighted by atomic mass is 10.0. The quantitative estimate of drug-likeness (QED) is 0.831. The molecule has 104 valence electrons. The van der Waals surface area contributed by atoms with E-state index >= 15 is 0 Å². The van der Waals surface area contributed by atoms with E-state index in [2.05, 4.69) is 0 Å². The van der Waals surface area contributed by atoms with Gasteiger partial charge in [-0.05, 0) is 12.5 Å². The zero-order valence-electron chi connectivity index (χ0n) is 10.9. The van der Waals surface area contributed by atoms with E-state index in [-0.39, 0.29) is 19.7 Å². The second-order valence-corrected chi connectivity index (χ2v) is 4.75. The van der Waals surface area contributed by atoms with Gasteiger partial charge in [-0.2, -0.15) is 0 Å². The molecule has 5 heteroatoms. The van der Waals surface area contributed by atoms with Gasteiger partial charge in [-0.25, -0.2) is 9.18 Å². The maximum absolute atomic E-state index is 14.5. The van der Waals surface area contributed by atoms with Gasteiger partial charge in [-0.1, -0.05) is 30.3 Å². The molecule has 1 fully saturated rings. The Balaban J connectivity index is 2.03. The SMILES string of the molecule is CCOC(=O)[C@]1(F)CN(Cc2ccccc2)C[C@H]1O. The molecule has 2 rings (SSSR count). The first-order valence-corrected chi connectivity index (χ1v) is 6.36. The molecule has 1 aliphatic heterocycles. The lowest BCUT2D eigenvalue weighted by molar-refractivity contribution is -0.162. The standard InChI is InChI=1S/C14H18FNO3/c1-2-19-13(18)14(15)10-16(9-12(14)17)8-11-6-4-3-5-7-11/h3-7,12,17H,2,8-10H2,1H3/t12-,14+/m1/s1. The Morgan fingerprint density at radius 2 is 2.21 bits per heavy atom. The minimum absolute atomic E-state index is 0.107. The summed E-state index contributed by atoms with van der Waals surface area (Å²) in [7, 11) is 0. The van der Waals surface area contributed by atoms with Crippen LogP contribution in [0.4, 0.5) is 4.39 Å². The van der Waals surface area contributed by atoms with Crippen molar-refractivity contribution in [2.24, 2.45) is 0 Å². The molecule has 19 heavy (non-hydrogen) atoms. The van der Waals surface area contributed by atoms with Crippen LogP contribution >= 0.6 is 0 Å². The van der Waals surface area contributed by atoms with E-state index in [1.54, 1.807) is 11.8 Å². The summed E-state index contributed by atoms with van der Waals surface area (Å²) in [5.74, 6) is -0.974. The normalized spacial score (nSPS) is 27.4. The van der Waals surface area contributed by atoms with Crippen molar-refractivity contribution in [1.82, 2.24) is 4.90 Å². The van der Waals surface area contributed by atoms with Crippen molar-refractivity contribution < 1.29 is 19.0 Å². The van der Waals surface area contributed by atoms with E-state index in [0.717, 1.165) is 5.56 Å². The van der Waals surface area contributed by atoms with Crippen LogP contribution in [0.2, 0.25) is 0 Å². The van der Waals surface area contributed by atoms with E-state index < -0.39 is 17.7 Å². The van der Waals surface area contributed by atoms with Gasteiger partial charge in [0.2, 0.25) is 5.67 Å². The summed E-state index contributed by atoms with van der Waals surface area (Å²) in [5, 5.41) is 9.78. The summed E-state index contributed by atoms with van der Waals surface area (Å²) in [6, 6.07) is 9.55. The molecule has 1 aliphatic rings. The molecule has 1 N–H and O–H groups in total. The highest BCUT2D eigenvalue weighted by atomic mass is 19.1. The van der Waals surface area contributed by atoms with Gasteiger partial charge in [0, 0.05) is 19.6 Å². The van der Waals surface area contributed by atoms with Crippen LogP contribution in [0.1, 0.15) is 12.5 Å². The number of likely N-dealkylation sites (tertiary alicyclic amines) is 1. The summed E-state index contributed by atoms with van der Waals surface area (Å²) in [4.78, 5) is 13.3. The molecule has 0 radical (unpaired) electrons. The molecule has 0 spiro atoms. The molecule has 0 unspecified atom stereocenters. The number of esters is 1. The van der Waals surface area contributed by atoms with Gasteiger partial charge in [0.15, 0.2) is 0 Å². The van der Waals surface area contributed by atoms with Gasteiger partial charge < -0.3 is 9.84 Å². The van der Waals surface area contributed by atoms with Gasteiger partial charge in [0.25, 0.3) is 0 Å². The smallest absolute Gasteiger partial charge is 0.348 e. The zero-order valence-corrected chi connectivity index (χ0v) is 10.9. The van der Waals surface area contributed by atoms with Crippen molar-refractivity contribution in [3.8, 4) is 0 Å². The predicted octanol–water partition coefficient (Wildman–Crippen LogP) is 1.13. The second-order valence-electron chi connectivity index (χ2n) is 4.75. The van der Waals surface area contributed by atoms with Crippen molar-refractivity contribution in [3.63, 3.8) is 0 Å². The number of rotatable bonds is 4. The van der Waals surface area contributed by atoms with Crippen LogP contribution in [-0.4, -0.2) is 47.4 Å². The molecular weight excluding hydrogens is 249 g/mol. The largest absolute Gasteiger partial charge is 0.464 e. The molecule has 1 aromatic carbocycles. The third-order valence-corrected chi connectivity index (χ3v) is 3.28. The van der Waals surface area contributed by atoms with Gasteiger partial charge in [0.1, 0.15) is 6.10 Å². The molecule has 4 nitrogen and oxygen atoms in total. The highest BCUT2D eigenvalue weighted by Gasteiger charge is 2.53. The summed E-state index contributed by atoms with van der Waals surface area (Å²) in [6.07, 6.45) is -1.34. The van der Waals surface area contributed by atoms with Gasteiger partial charge in [-0.15, -0.1) is 0 Å². The number of hydrogen-bond donors (Lipinski definition) is 1. The lowest BCUT2D eigenvalue weighted by Gasteiger charge is -2.20. The van der Waals surface area contributed by atoms with Crippen LogP contribution < -0.4 is 0 Å². The molecule has 0 amide bonds. The molecular formula is C14H18FNO3. The van der Waals surface area contributed by atoms with E-state index in [0.29, 0.717) is 6.54 Å². The summed E-state index contributed by atoms with van der Waals surface area (Å²) in [6.45, 7) is 2.22. The first-order chi connectivity index (χ1) is 9.06. The minimum Gasteiger partial charge on any atom is -0.464 e. The molecule has 1 heterocycles. The Bertz CT molecular complexity index is 440. The van der Waals surface area contributed by atoms with Gasteiger partial charge >= 0.3 is 5.97 Å². The van der Waals surface area contributed by atoms with Crippen LogP contribution in [-0.2, 0) is 16.1 Å². The molecule has 0 aromatic heterocycles. The molecule has 0 aliphatic carbocycles. The maximum Gasteiger partial charge on any atom is 0.348 e. The number of carbonyl (C=O) groups is 1. The van der Waals surface area contributed by atoms with Crippen molar-refractivity contribution in [2.75, 3.05) is 19.7 Å². The number of aliphatic hydroxyl groups excluding tert-OH is 1. The fourth-order valence-electron chi connectivity index (χ4n) is 2.30. The Labute approximate surface area is 111 Å². The van der Waals surface area contributed by atoms with E-state index in [1.165, 1.54) is 0 Å². The highest BCUT2D eigenvalue weighted by molar-refractivity contribution is 5.81. The van der Waals surface area contributed by atoms with E-state index in [4.69, 9.17) is 4.74 Å². The van der Waals surface area contributed by atoms with Crippen molar-refractivity contribution in [2.45, 2.75) is 25.2 Å². The van der Waals surface area contributed by atoms with E-state index in [1.807, 2.05) is 30.3 Å². The summed E-state index contributed by atoms with van der Waals surface area (Å²) < 4.78 is 19.2. The Morgan fingerprint density at radius 1 is 1.53 bits per heavy atom. The molecule has 2 atom stereocenters. The Morgan fingerprint density at radius 3 is 2.84 bits per heavy atom. The molecule has 1 saturated heterocycles. The summed E-state index contributed by atoms with van der Waals surface area (Å²) in [5.41, 5.74) is -1.30. The minimum atomic E-state index is -2.31. The monoisotopic (exact) mass is 267 g/mol. The number of aliphatic hydroxyl groups is 1. The number of hydrogen-bond acceptors (Lipinski definition) is 4. The first kappa shape index (κ1) is 14.0. The Kier molecular flexibility index (Phi) is 4.17. The van der Waals surface area contributed by atoms with Gasteiger partial charge in [0.05, 0.1) is 6.61 Å². The third kappa shape index (κ3) is 2.93. The third-order valence-electron chi connectivity index (χ3n) is 3.28. The number of halogens is 1. The number of carbonyl (C=O) groups excluding carboxylic acids is 1. The number of ether oxygens (including phenoxy) is 1. The highest BCUT2D eigenvalue weighted by Crippen LogP contribution is 2.28. The average Bonchev–Trinajstić information content (AvgIpc) is 2.67. The lowest BCUT2D eigenvalue weighted by Crippen LogP contribution is -2.46. The fourth-order valence-corrected chi connectivity index (χ4v) is 2.30. The summed E-state index contributed by atoms with van der Waals surface area (Å²) >= 11 is 0. The second kappa shape index (κ2) is 5.67. The predicted molar refractivity (Wildman–Crippen MR) is 68.2 cm³/mol. The van der Waals surface area contributed by atoms with Crippen LogP contribution in [0.15, 0.2) is 30.3 Å². The molecule has 1 aromatic rings. The number of nitrogens with zero attached hydrogens (tertiary/aromatic N) is 1. The van der Waals surface area contributed by atoms with Crippen molar-refractivity contribution in [1.29, 1.82) is 0 Å². The number of β-amino-alcohol motifs (C(OH)–C–C–N with tert-alkyl or cyclic N) is 1. The van der Waals surface area contributed by atoms with Crippen molar-refractivity contribution in [3.05, 3.63) is 35.9 Å². The topological polar surface area (TPSA) is 49.8 Å². The van der Waals surface area contributed by atoms with Crippen LogP contribution in [0.25, 0.3) is 0 Å². The number of alkyl halides is 1. The molecule has 0 bridgehead atoms. The fraction of sp³-hybridized carbons (Fsp3) is 0.500. The van der Waals surface area contributed by atoms with Gasteiger partial charge in [-0.3, -0.25) is 4.90 Å². The molecule has 0 saturated carbocycles. The number of benzene rings is 1. The first-order valence-electron chi connectivity index (χ1n) is 6.36. The average molecular weight is 267 g/mol. The van der Waals surface area contributed by atoms with Crippen LogP contribution in [0, 0.1) is 0 Å². The van der Waals surface area contributed by atoms with Crippen LogP contribution in [0.3, 0.4) is 0 Å².